The van der Waals surface area contributed by atoms with Gasteiger partial charge in [0.2, 0.25) is 5.75 Å². The minimum absolute atomic E-state index is 0.0457. The van der Waals surface area contributed by atoms with E-state index < -0.39 is 17.7 Å². The third-order valence-electron chi connectivity index (χ3n) is 6.81. The minimum atomic E-state index is -0.954. The second kappa shape index (κ2) is 12.1. The summed E-state index contributed by atoms with van der Waals surface area (Å²) in [6.45, 7) is 6.47. The van der Waals surface area contributed by atoms with Crippen LogP contribution >= 0.6 is 0 Å². The van der Waals surface area contributed by atoms with Gasteiger partial charge in [0.05, 0.1) is 51.8 Å². The molecule has 1 saturated heterocycles. The van der Waals surface area contributed by atoms with E-state index in [1.54, 1.807) is 54.7 Å². The highest BCUT2D eigenvalue weighted by Gasteiger charge is 2.47. The first-order valence-corrected chi connectivity index (χ1v) is 13.0. The quantitative estimate of drug-likeness (QED) is 0.209. The van der Waals surface area contributed by atoms with Gasteiger partial charge >= 0.3 is 0 Å². The number of pyridine rings is 1. The molecule has 0 saturated carbocycles. The van der Waals surface area contributed by atoms with Crippen LogP contribution in [0.4, 0.5) is 0 Å². The molecule has 1 unspecified atom stereocenters. The van der Waals surface area contributed by atoms with Crippen LogP contribution in [0.15, 0.2) is 60.3 Å². The fraction of sp³-hybridized carbons (Fsp3) is 0.323. The number of nitrogens with zero attached hydrogens (tertiary/aromatic N) is 2. The van der Waals surface area contributed by atoms with Crippen molar-refractivity contribution in [2.75, 3.05) is 27.9 Å². The molecule has 1 N–H and O–H groups in total. The Morgan fingerprint density at radius 1 is 0.975 bits per heavy atom. The van der Waals surface area contributed by atoms with Gasteiger partial charge in [-0.05, 0) is 66.4 Å². The average molecular weight is 547 g/mol. The molecule has 1 fully saturated rings. The fourth-order valence-corrected chi connectivity index (χ4v) is 4.90. The number of rotatable bonds is 10. The molecular weight excluding hydrogens is 512 g/mol. The van der Waals surface area contributed by atoms with E-state index in [0.717, 1.165) is 5.56 Å². The molecule has 9 heteroatoms. The lowest BCUT2D eigenvalue weighted by atomic mass is 9.92. The van der Waals surface area contributed by atoms with E-state index in [4.69, 9.17) is 18.9 Å². The molecule has 40 heavy (non-hydrogen) atoms. The zero-order chi connectivity index (χ0) is 29.0. The molecule has 1 amide bonds. The summed E-state index contributed by atoms with van der Waals surface area (Å²) in [5.74, 6) is 0.0201. The van der Waals surface area contributed by atoms with Gasteiger partial charge in [-0.25, -0.2) is 0 Å². The van der Waals surface area contributed by atoms with Crippen LogP contribution in [-0.4, -0.2) is 54.6 Å². The third-order valence-corrected chi connectivity index (χ3v) is 6.81. The predicted molar refractivity (Wildman–Crippen MR) is 150 cm³/mol. The summed E-state index contributed by atoms with van der Waals surface area (Å²) < 4.78 is 22.3. The second-order valence-corrected chi connectivity index (χ2v) is 9.55. The van der Waals surface area contributed by atoms with Crippen LogP contribution < -0.4 is 18.9 Å². The maximum Gasteiger partial charge on any atom is 0.296 e. The maximum atomic E-state index is 13.6. The summed E-state index contributed by atoms with van der Waals surface area (Å²) in [6, 6.07) is 13.0. The van der Waals surface area contributed by atoms with Crippen LogP contribution in [0.2, 0.25) is 0 Å². The van der Waals surface area contributed by atoms with E-state index >= 15 is 0 Å². The van der Waals surface area contributed by atoms with E-state index in [9.17, 15) is 14.7 Å². The van der Waals surface area contributed by atoms with Gasteiger partial charge in [0.1, 0.15) is 11.5 Å². The molecule has 2 heterocycles. The third kappa shape index (κ3) is 5.32. The lowest BCUT2D eigenvalue weighted by molar-refractivity contribution is -0.140. The molecular formula is C31H34N2O7. The van der Waals surface area contributed by atoms with Crippen LogP contribution in [0.1, 0.15) is 55.1 Å². The number of Topliss-reactive ketones (excluding diaryl/α,β-unsaturated/α-hetero) is 1. The van der Waals surface area contributed by atoms with Crippen LogP contribution in [0, 0.1) is 0 Å². The van der Waals surface area contributed by atoms with Gasteiger partial charge in [-0.15, -0.1) is 0 Å². The summed E-state index contributed by atoms with van der Waals surface area (Å²) in [4.78, 5) is 32.8. The zero-order valence-electron chi connectivity index (χ0n) is 23.6. The van der Waals surface area contributed by atoms with E-state index in [-0.39, 0.29) is 23.8 Å². The van der Waals surface area contributed by atoms with E-state index in [0.29, 0.717) is 46.4 Å². The number of hydrogen-bond acceptors (Lipinski definition) is 8. The number of ketones is 1. The Morgan fingerprint density at radius 3 is 2.23 bits per heavy atom. The van der Waals surface area contributed by atoms with Crippen molar-refractivity contribution in [2.24, 2.45) is 0 Å². The number of hydrogen-bond donors (Lipinski definition) is 1. The fourth-order valence-electron chi connectivity index (χ4n) is 4.90. The van der Waals surface area contributed by atoms with Crippen molar-refractivity contribution in [1.82, 2.24) is 9.88 Å². The highest BCUT2D eigenvalue weighted by atomic mass is 16.5. The molecule has 0 spiro atoms. The van der Waals surface area contributed by atoms with Crippen molar-refractivity contribution in [3.8, 4) is 23.0 Å². The molecule has 0 aliphatic carbocycles. The van der Waals surface area contributed by atoms with Crippen molar-refractivity contribution >= 4 is 17.4 Å². The molecule has 1 aliphatic rings. The molecule has 3 aromatic rings. The minimum Gasteiger partial charge on any atom is -0.507 e. The van der Waals surface area contributed by atoms with Gasteiger partial charge < -0.3 is 29.0 Å². The molecule has 0 bridgehead atoms. The first kappa shape index (κ1) is 28.5. The standard InChI is InChI=1S/C31H34N2O7/c1-7-40-23-12-11-19(14-22(23)18(2)3)28(34)26-27(20-15-24(37-4)30(39-6)25(16-20)38-5)33(31(36)29(26)35)17-21-10-8-9-13-32-21/h8-16,18,27,34H,7,17H2,1-6H3/b28-26+. The number of carbonyl (C=O) groups excluding carboxylic acids is 2. The number of ether oxygens (including phenoxy) is 4. The Hall–Kier alpha value is -4.53. The Bertz CT molecular complexity index is 1410. The van der Waals surface area contributed by atoms with Gasteiger partial charge in [0, 0.05) is 11.8 Å². The monoisotopic (exact) mass is 546 g/mol. The van der Waals surface area contributed by atoms with Crippen LogP contribution in [-0.2, 0) is 16.1 Å². The Morgan fingerprint density at radius 2 is 1.68 bits per heavy atom. The molecule has 1 atom stereocenters. The first-order chi connectivity index (χ1) is 19.2. The van der Waals surface area contributed by atoms with E-state index in [2.05, 4.69) is 4.98 Å². The zero-order valence-corrected chi connectivity index (χ0v) is 23.6. The van der Waals surface area contributed by atoms with Gasteiger partial charge in [-0.3, -0.25) is 14.6 Å². The summed E-state index contributed by atoms with van der Waals surface area (Å²) >= 11 is 0. The second-order valence-electron chi connectivity index (χ2n) is 9.55. The maximum absolute atomic E-state index is 13.6. The van der Waals surface area contributed by atoms with Crippen LogP contribution in [0.3, 0.4) is 0 Å². The topological polar surface area (TPSA) is 107 Å². The molecule has 1 aromatic heterocycles. The molecule has 4 rings (SSSR count). The number of carbonyl (C=O) groups is 2. The average Bonchev–Trinajstić information content (AvgIpc) is 3.21. The number of methoxy groups -OCH3 is 3. The number of aromatic nitrogens is 1. The van der Waals surface area contributed by atoms with Gasteiger partial charge in [0.15, 0.2) is 11.5 Å². The van der Waals surface area contributed by atoms with Crippen molar-refractivity contribution < 1.29 is 33.6 Å². The lowest BCUT2D eigenvalue weighted by Crippen LogP contribution is -2.29. The summed E-state index contributed by atoms with van der Waals surface area (Å²) in [5.41, 5.74) is 2.32. The summed E-state index contributed by atoms with van der Waals surface area (Å²) in [6.07, 6.45) is 1.62. The highest BCUT2D eigenvalue weighted by molar-refractivity contribution is 6.46. The first-order valence-electron chi connectivity index (χ1n) is 13.0. The molecule has 210 valence electrons. The number of likely N-dealkylation sites (tertiary alicyclic amines) is 1. The summed E-state index contributed by atoms with van der Waals surface area (Å²) in [5, 5.41) is 11.6. The number of aliphatic hydroxyl groups is 1. The van der Waals surface area contributed by atoms with Crippen molar-refractivity contribution in [2.45, 2.75) is 39.3 Å². The van der Waals surface area contributed by atoms with Crippen LogP contribution in [0.5, 0.6) is 23.0 Å². The largest absolute Gasteiger partial charge is 0.507 e. The Labute approximate surface area is 234 Å². The number of benzene rings is 2. The van der Waals surface area contributed by atoms with E-state index in [1.807, 2.05) is 20.8 Å². The van der Waals surface area contributed by atoms with Crippen LogP contribution in [0.25, 0.3) is 5.76 Å². The molecule has 2 aromatic carbocycles. The molecule has 9 nitrogen and oxygen atoms in total. The smallest absolute Gasteiger partial charge is 0.296 e. The SMILES string of the molecule is CCOc1ccc(/C(O)=C2\C(=O)C(=O)N(Cc3ccccn3)C2c2cc(OC)c(OC)c(OC)c2)cc1C(C)C. The number of amides is 1. The van der Waals surface area contributed by atoms with E-state index in [1.165, 1.54) is 26.2 Å². The molecule has 1 aliphatic heterocycles. The van der Waals surface area contributed by atoms with Gasteiger partial charge in [-0.2, -0.15) is 0 Å². The predicted octanol–water partition coefficient (Wildman–Crippen LogP) is 5.25. The van der Waals surface area contributed by atoms with Crippen molar-refractivity contribution in [3.05, 3.63) is 82.7 Å². The van der Waals surface area contributed by atoms with Crippen molar-refractivity contribution in [1.29, 1.82) is 0 Å². The summed E-state index contributed by atoms with van der Waals surface area (Å²) in [7, 11) is 4.46. The molecule has 0 radical (unpaired) electrons. The van der Waals surface area contributed by atoms with Crippen molar-refractivity contribution in [3.63, 3.8) is 0 Å². The Kier molecular flexibility index (Phi) is 8.62. The highest BCUT2D eigenvalue weighted by Crippen LogP contribution is 2.46. The van der Waals surface area contributed by atoms with Gasteiger partial charge in [0.25, 0.3) is 11.7 Å². The normalized spacial score (nSPS) is 16.4. The Balaban J connectivity index is 1.95. The number of aliphatic hydroxyl groups excluding tert-OH is 1. The lowest BCUT2D eigenvalue weighted by Gasteiger charge is -2.26. The van der Waals surface area contributed by atoms with Gasteiger partial charge in [-0.1, -0.05) is 19.9 Å².